The number of aliphatic hydroxyl groups excluding tert-OH is 1. The number of benzene rings is 1. The lowest BCUT2D eigenvalue weighted by molar-refractivity contribution is -0.157. The number of rotatable bonds is 11. The minimum absolute atomic E-state index is 0.225. The molecule has 152 valence electrons. The van der Waals surface area contributed by atoms with Crippen LogP contribution in [-0.4, -0.2) is 44.2 Å². The summed E-state index contributed by atoms with van der Waals surface area (Å²) in [4.78, 5) is 23.5. The summed E-state index contributed by atoms with van der Waals surface area (Å²) in [6.07, 6.45) is 1.95. The highest BCUT2D eigenvalue weighted by Gasteiger charge is 2.36. The number of carbonyl (C=O) groups excluding carboxylic acids is 2. The second kappa shape index (κ2) is 11.6. The van der Waals surface area contributed by atoms with Crippen LogP contribution in [0.4, 0.5) is 4.79 Å². The zero-order valence-electron chi connectivity index (χ0n) is 16.8. The van der Waals surface area contributed by atoms with E-state index in [1.807, 2.05) is 18.2 Å². The smallest absolute Gasteiger partial charge is 0.468 e. The third-order valence-corrected chi connectivity index (χ3v) is 4.88. The van der Waals surface area contributed by atoms with Gasteiger partial charge in [0.25, 0.3) is 0 Å². The Kier molecular flexibility index (Phi) is 9.86. The predicted molar refractivity (Wildman–Crippen MR) is 102 cm³/mol. The van der Waals surface area contributed by atoms with Crippen molar-refractivity contribution in [3.8, 4) is 0 Å². The molecular weight excluding hydrogens is 348 g/mol. The number of esters is 1. The molecule has 27 heavy (non-hydrogen) atoms. The highest BCUT2D eigenvalue weighted by Crippen LogP contribution is 2.28. The topological polar surface area (TPSA) is 82.1 Å². The molecule has 1 aromatic carbocycles. The van der Waals surface area contributed by atoms with E-state index in [1.165, 1.54) is 19.6 Å². The van der Waals surface area contributed by atoms with Gasteiger partial charge in [-0.2, -0.15) is 0 Å². The molecule has 0 amide bonds. The van der Waals surface area contributed by atoms with E-state index in [4.69, 9.17) is 9.47 Å². The number of ether oxygens (including phenoxy) is 3. The fourth-order valence-electron chi connectivity index (χ4n) is 2.76. The van der Waals surface area contributed by atoms with Gasteiger partial charge in [0.1, 0.15) is 12.0 Å². The molecule has 0 aliphatic rings. The first-order valence-electron chi connectivity index (χ1n) is 9.40. The van der Waals surface area contributed by atoms with Crippen molar-refractivity contribution in [2.75, 3.05) is 26.9 Å². The molecule has 1 N–H and O–H groups in total. The Labute approximate surface area is 161 Å². The van der Waals surface area contributed by atoms with E-state index in [0.29, 0.717) is 18.3 Å². The molecule has 3 unspecified atom stereocenters. The lowest BCUT2D eigenvalue weighted by atomic mass is 9.86. The van der Waals surface area contributed by atoms with Gasteiger partial charge >= 0.3 is 12.1 Å². The van der Waals surface area contributed by atoms with Gasteiger partial charge in [-0.3, -0.25) is 4.79 Å². The molecule has 0 aromatic heterocycles. The maximum absolute atomic E-state index is 11.8. The molecule has 0 saturated heterocycles. The van der Waals surface area contributed by atoms with Crippen molar-refractivity contribution < 1.29 is 28.9 Å². The highest BCUT2D eigenvalue weighted by molar-refractivity contribution is 5.77. The maximum Gasteiger partial charge on any atom is 0.508 e. The number of carbonyl (C=O) groups is 2. The van der Waals surface area contributed by atoms with Gasteiger partial charge < -0.3 is 19.3 Å². The molecule has 0 bridgehead atoms. The van der Waals surface area contributed by atoms with Crippen LogP contribution in [0.2, 0.25) is 0 Å². The number of aliphatic hydroxyl groups is 1. The Morgan fingerprint density at radius 1 is 1.19 bits per heavy atom. The van der Waals surface area contributed by atoms with Gasteiger partial charge in [0.05, 0.1) is 20.3 Å². The zero-order valence-corrected chi connectivity index (χ0v) is 16.8. The molecule has 6 heteroatoms. The summed E-state index contributed by atoms with van der Waals surface area (Å²) in [5, 5.41) is 9.35. The summed E-state index contributed by atoms with van der Waals surface area (Å²) in [7, 11) is 1.22. The zero-order chi connectivity index (χ0) is 20.3. The second-order valence-electron chi connectivity index (χ2n) is 7.24. The van der Waals surface area contributed by atoms with E-state index in [1.54, 1.807) is 0 Å². The van der Waals surface area contributed by atoms with Gasteiger partial charge in [0.15, 0.2) is 0 Å². The predicted octanol–water partition coefficient (Wildman–Crippen LogP) is 3.92. The van der Waals surface area contributed by atoms with Crippen LogP contribution in [0, 0.1) is 11.3 Å². The van der Waals surface area contributed by atoms with Gasteiger partial charge in [-0.25, -0.2) is 4.79 Å². The van der Waals surface area contributed by atoms with Crippen LogP contribution in [0.3, 0.4) is 0 Å². The standard InChI is InChI=1S/C21H32O6/c1-5-16(2)13-18(17-9-7-6-8-10-17)11-12-26-20(24)27-15-21(3,14-22)19(23)25-4/h6-10,16,18,22H,5,11-15H2,1-4H3. The third-order valence-electron chi connectivity index (χ3n) is 4.88. The maximum atomic E-state index is 11.8. The van der Waals surface area contributed by atoms with Crippen LogP contribution in [0.25, 0.3) is 0 Å². The first-order valence-corrected chi connectivity index (χ1v) is 9.40. The Balaban J connectivity index is 2.52. The molecule has 1 rings (SSSR count). The van der Waals surface area contributed by atoms with Crippen molar-refractivity contribution in [2.45, 2.75) is 46.0 Å². The van der Waals surface area contributed by atoms with Gasteiger partial charge in [-0.15, -0.1) is 0 Å². The van der Waals surface area contributed by atoms with E-state index >= 15 is 0 Å². The molecule has 0 spiro atoms. The highest BCUT2D eigenvalue weighted by atomic mass is 16.7. The van der Waals surface area contributed by atoms with Crippen LogP contribution in [0.1, 0.15) is 51.5 Å². The van der Waals surface area contributed by atoms with Crippen molar-refractivity contribution in [2.24, 2.45) is 11.3 Å². The minimum atomic E-state index is -1.29. The number of hydrogen-bond acceptors (Lipinski definition) is 6. The van der Waals surface area contributed by atoms with Crippen LogP contribution in [-0.2, 0) is 19.0 Å². The van der Waals surface area contributed by atoms with E-state index in [9.17, 15) is 14.7 Å². The largest absolute Gasteiger partial charge is 0.508 e. The summed E-state index contributed by atoms with van der Waals surface area (Å²) in [5.74, 6) is 0.231. The lowest BCUT2D eigenvalue weighted by Crippen LogP contribution is -2.38. The SMILES string of the molecule is CCC(C)CC(CCOC(=O)OCC(C)(CO)C(=O)OC)c1ccccc1. The van der Waals surface area contributed by atoms with Crippen LogP contribution in [0.15, 0.2) is 30.3 Å². The summed E-state index contributed by atoms with van der Waals surface area (Å²) in [6.45, 7) is 5.28. The first-order chi connectivity index (χ1) is 12.9. The molecule has 0 aliphatic carbocycles. The molecule has 0 fully saturated rings. The lowest BCUT2D eigenvalue weighted by Gasteiger charge is -2.23. The summed E-state index contributed by atoms with van der Waals surface area (Å²) < 4.78 is 14.8. The molecule has 0 saturated carbocycles. The molecular formula is C21H32O6. The van der Waals surface area contributed by atoms with Crippen LogP contribution >= 0.6 is 0 Å². The van der Waals surface area contributed by atoms with Gasteiger partial charge in [-0.05, 0) is 37.2 Å². The van der Waals surface area contributed by atoms with Crippen molar-refractivity contribution >= 4 is 12.1 Å². The van der Waals surface area contributed by atoms with E-state index in [0.717, 1.165) is 12.8 Å². The Morgan fingerprint density at radius 3 is 2.41 bits per heavy atom. The molecule has 1 aromatic rings. The summed E-state index contributed by atoms with van der Waals surface area (Å²) in [5.41, 5.74) is -0.0648. The fourth-order valence-corrected chi connectivity index (χ4v) is 2.76. The molecule has 0 aliphatic heterocycles. The van der Waals surface area contributed by atoms with Crippen LogP contribution < -0.4 is 0 Å². The fraction of sp³-hybridized carbons (Fsp3) is 0.619. The molecule has 0 heterocycles. The van der Waals surface area contributed by atoms with Gasteiger partial charge in [0, 0.05) is 0 Å². The second-order valence-corrected chi connectivity index (χ2v) is 7.24. The first kappa shape index (κ1) is 23.0. The third kappa shape index (κ3) is 7.59. The Hall–Kier alpha value is -2.08. The average molecular weight is 380 g/mol. The van der Waals surface area contributed by atoms with Crippen molar-refractivity contribution in [3.05, 3.63) is 35.9 Å². The monoisotopic (exact) mass is 380 g/mol. The number of methoxy groups -OCH3 is 1. The normalized spacial score (nSPS) is 15.3. The minimum Gasteiger partial charge on any atom is -0.468 e. The van der Waals surface area contributed by atoms with E-state index in [-0.39, 0.29) is 13.2 Å². The van der Waals surface area contributed by atoms with Gasteiger partial charge in [0.2, 0.25) is 0 Å². The molecule has 6 nitrogen and oxygen atoms in total. The quantitative estimate of drug-likeness (QED) is 0.586. The van der Waals surface area contributed by atoms with Gasteiger partial charge in [-0.1, -0.05) is 50.6 Å². The average Bonchev–Trinajstić information content (AvgIpc) is 2.70. The van der Waals surface area contributed by atoms with Crippen molar-refractivity contribution in [1.82, 2.24) is 0 Å². The van der Waals surface area contributed by atoms with E-state index in [2.05, 4.69) is 30.7 Å². The molecule has 0 radical (unpaired) electrons. The van der Waals surface area contributed by atoms with Crippen LogP contribution in [0.5, 0.6) is 0 Å². The summed E-state index contributed by atoms with van der Waals surface area (Å²) >= 11 is 0. The molecule has 3 atom stereocenters. The Morgan fingerprint density at radius 2 is 1.85 bits per heavy atom. The number of hydrogen-bond donors (Lipinski definition) is 1. The Bertz CT molecular complexity index is 573. The summed E-state index contributed by atoms with van der Waals surface area (Å²) in [6, 6.07) is 10.2. The van der Waals surface area contributed by atoms with Crippen molar-refractivity contribution in [3.63, 3.8) is 0 Å². The van der Waals surface area contributed by atoms with Crippen molar-refractivity contribution in [1.29, 1.82) is 0 Å². The van der Waals surface area contributed by atoms with E-state index < -0.39 is 24.1 Å².